The molecule has 88 valence electrons. The third-order valence-electron chi connectivity index (χ3n) is 2.38. The Hall–Kier alpha value is -0.960. The largest absolute Gasteiger partial charge is 0.462 e. The summed E-state index contributed by atoms with van der Waals surface area (Å²) in [6, 6.07) is 7.04. The number of esters is 1. The summed E-state index contributed by atoms with van der Waals surface area (Å²) in [6.07, 6.45) is 2.20. The highest BCUT2D eigenvalue weighted by molar-refractivity contribution is 7.80. The van der Waals surface area contributed by atoms with Gasteiger partial charge in [0.2, 0.25) is 0 Å². The number of carbonyl (C=O) groups excluding carboxylic acids is 1. The number of rotatable bonds is 5. The Morgan fingerprint density at radius 3 is 2.56 bits per heavy atom. The van der Waals surface area contributed by atoms with Gasteiger partial charge in [-0.2, -0.15) is 0 Å². The molecule has 0 aromatic heterocycles. The average Bonchev–Trinajstić information content (AvgIpc) is 2.27. The van der Waals surface area contributed by atoms with Crippen LogP contribution in [0.3, 0.4) is 0 Å². The lowest BCUT2D eigenvalue weighted by Crippen LogP contribution is -2.11. The Bertz CT molecular complexity index is 332. The predicted octanol–water partition coefficient (Wildman–Crippen LogP) is 3.57. The summed E-state index contributed by atoms with van der Waals surface area (Å²) in [5, 5.41) is 0. The summed E-state index contributed by atoms with van der Waals surface area (Å²) in [5.74, 6) is 0.175. The second-order valence-electron chi connectivity index (χ2n) is 4.04. The Labute approximate surface area is 102 Å². The van der Waals surface area contributed by atoms with Crippen LogP contribution in [-0.4, -0.2) is 12.6 Å². The van der Waals surface area contributed by atoms with Crippen molar-refractivity contribution in [3.05, 3.63) is 29.8 Å². The molecule has 2 nitrogen and oxygen atoms in total. The van der Waals surface area contributed by atoms with Crippen molar-refractivity contribution < 1.29 is 9.53 Å². The molecular formula is C13H18O2S. The number of hydrogen-bond donors (Lipinski definition) is 1. The van der Waals surface area contributed by atoms with Gasteiger partial charge in [0.15, 0.2) is 0 Å². The molecule has 0 heterocycles. The Morgan fingerprint density at radius 2 is 2.00 bits per heavy atom. The fourth-order valence-electron chi connectivity index (χ4n) is 1.47. The van der Waals surface area contributed by atoms with Crippen molar-refractivity contribution in [2.45, 2.75) is 31.6 Å². The van der Waals surface area contributed by atoms with E-state index in [0.717, 1.165) is 17.7 Å². The van der Waals surface area contributed by atoms with Gasteiger partial charge in [0.25, 0.3) is 0 Å². The predicted molar refractivity (Wildman–Crippen MR) is 68.0 cm³/mol. The van der Waals surface area contributed by atoms with Gasteiger partial charge in [0, 0.05) is 4.90 Å². The summed E-state index contributed by atoms with van der Waals surface area (Å²) in [7, 11) is 0. The Balaban J connectivity index is 2.43. The molecule has 0 aliphatic rings. The molecule has 0 N–H and O–H groups in total. The minimum absolute atomic E-state index is 0.253. The second kappa shape index (κ2) is 6.59. The molecule has 0 radical (unpaired) electrons. The topological polar surface area (TPSA) is 26.3 Å². The van der Waals surface area contributed by atoms with Crippen molar-refractivity contribution in [3.63, 3.8) is 0 Å². The molecular weight excluding hydrogens is 220 g/mol. The van der Waals surface area contributed by atoms with Crippen LogP contribution in [0.15, 0.2) is 29.2 Å². The van der Waals surface area contributed by atoms with E-state index in [9.17, 15) is 4.79 Å². The molecule has 1 aromatic rings. The monoisotopic (exact) mass is 238 g/mol. The van der Waals surface area contributed by atoms with Crippen molar-refractivity contribution in [3.8, 4) is 0 Å². The van der Waals surface area contributed by atoms with E-state index in [2.05, 4.69) is 26.5 Å². The number of carbonyl (C=O) groups is 1. The Kier molecular flexibility index (Phi) is 5.39. The normalized spacial score (nSPS) is 12.2. The highest BCUT2D eigenvalue weighted by Crippen LogP contribution is 2.10. The van der Waals surface area contributed by atoms with Gasteiger partial charge in [-0.3, -0.25) is 0 Å². The van der Waals surface area contributed by atoms with Gasteiger partial charge in [-0.25, -0.2) is 4.79 Å². The maximum absolute atomic E-state index is 11.6. The van der Waals surface area contributed by atoms with E-state index in [1.54, 1.807) is 24.3 Å². The van der Waals surface area contributed by atoms with E-state index in [1.807, 2.05) is 0 Å². The summed E-state index contributed by atoms with van der Waals surface area (Å²) in [4.78, 5) is 12.5. The van der Waals surface area contributed by atoms with Crippen LogP contribution >= 0.6 is 12.6 Å². The third-order valence-corrected chi connectivity index (χ3v) is 2.68. The maximum atomic E-state index is 11.6. The number of ether oxygens (including phenoxy) is 1. The van der Waals surface area contributed by atoms with Gasteiger partial charge in [-0.15, -0.1) is 12.6 Å². The van der Waals surface area contributed by atoms with Gasteiger partial charge in [-0.05, 0) is 36.6 Å². The summed E-state index contributed by atoms with van der Waals surface area (Å²) in [5.41, 5.74) is 0.585. The van der Waals surface area contributed by atoms with Gasteiger partial charge >= 0.3 is 5.97 Å². The van der Waals surface area contributed by atoms with Gasteiger partial charge in [0.05, 0.1) is 12.2 Å². The van der Waals surface area contributed by atoms with E-state index >= 15 is 0 Å². The lowest BCUT2D eigenvalue weighted by atomic mass is 10.1. The zero-order chi connectivity index (χ0) is 12.0. The first-order valence-electron chi connectivity index (χ1n) is 5.59. The van der Waals surface area contributed by atoms with Crippen molar-refractivity contribution in [1.82, 2.24) is 0 Å². The molecule has 3 heteroatoms. The first-order chi connectivity index (χ1) is 7.63. The lowest BCUT2D eigenvalue weighted by molar-refractivity contribution is 0.0443. The smallest absolute Gasteiger partial charge is 0.338 e. The van der Waals surface area contributed by atoms with Crippen LogP contribution < -0.4 is 0 Å². The fourth-order valence-corrected chi connectivity index (χ4v) is 1.62. The van der Waals surface area contributed by atoms with Crippen molar-refractivity contribution >= 4 is 18.6 Å². The van der Waals surface area contributed by atoms with Crippen LogP contribution in [0.25, 0.3) is 0 Å². The number of benzene rings is 1. The fraction of sp³-hybridized carbons (Fsp3) is 0.462. The minimum Gasteiger partial charge on any atom is -0.462 e. The molecule has 0 fully saturated rings. The molecule has 0 bridgehead atoms. The standard InChI is InChI=1S/C13H18O2S/c1-3-4-10(2)9-15-13(14)11-5-7-12(16)8-6-11/h5-8,10,16H,3-4,9H2,1-2H3. The van der Waals surface area contributed by atoms with E-state index in [1.165, 1.54) is 0 Å². The van der Waals surface area contributed by atoms with Gasteiger partial charge in [0.1, 0.15) is 0 Å². The zero-order valence-electron chi connectivity index (χ0n) is 9.77. The van der Waals surface area contributed by atoms with E-state index in [4.69, 9.17) is 4.74 Å². The van der Waals surface area contributed by atoms with Crippen LogP contribution in [-0.2, 0) is 4.74 Å². The average molecular weight is 238 g/mol. The highest BCUT2D eigenvalue weighted by Gasteiger charge is 2.08. The zero-order valence-corrected chi connectivity index (χ0v) is 10.7. The molecule has 0 aliphatic carbocycles. The molecule has 1 aromatic carbocycles. The highest BCUT2D eigenvalue weighted by atomic mass is 32.1. The van der Waals surface area contributed by atoms with E-state index < -0.39 is 0 Å². The minimum atomic E-state index is -0.253. The molecule has 1 rings (SSSR count). The lowest BCUT2D eigenvalue weighted by Gasteiger charge is -2.10. The molecule has 16 heavy (non-hydrogen) atoms. The first-order valence-corrected chi connectivity index (χ1v) is 6.04. The van der Waals surface area contributed by atoms with Crippen LogP contribution in [0.1, 0.15) is 37.0 Å². The second-order valence-corrected chi connectivity index (χ2v) is 4.56. The summed E-state index contributed by atoms with van der Waals surface area (Å²) >= 11 is 4.16. The van der Waals surface area contributed by atoms with Gasteiger partial charge in [-0.1, -0.05) is 20.3 Å². The molecule has 1 unspecified atom stereocenters. The van der Waals surface area contributed by atoms with Crippen molar-refractivity contribution in [2.75, 3.05) is 6.61 Å². The van der Waals surface area contributed by atoms with Crippen LogP contribution in [0.5, 0.6) is 0 Å². The molecule has 0 saturated heterocycles. The number of hydrogen-bond acceptors (Lipinski definition) is 3. The van der Waals surface area contributed by atoms with Crippen LogP contribution in [0.4, 0.5) is 0 Å². The third kappa shape index (κ3) is 4.27. The molecule has 0 aliphatic heterocycles. The van der Waals surface area contributed by atoms with Crippen LogP contribution in [0, 0.1) is 5.92 Å². The first kappa shape index (κ1) is 13.1. The van der Waals surface area contributed by atoms with E-state index in [-0.39, 0.29) is 5.97 Å². The molecule has 0 amide bonds. The molecule has 1 atom stereocenters. The van der Waals surface area contributed by atoms with Crippen molar-refractivity contribution in [2.24, 2.45) is 5.92 Å². The summed E-state index contributed by atoms with van der Waals surface area (Å²) < 4.78 is 5.22. The SMILES string of the molecule is CCCC(C)COC(=O)c1ccc(S)cc1. The Morgan fingerprint density at radius 1 is 1.38 bits per heavy atom. The summed E-state index contributed by atoms with van der Waals surface area (Å²) in [6.45, 7) is 4.71. The van der Waals surface area contributed by atoms with Crippen molar-refractivity contribution in [1.29, 1.82) is 0 Å². The van der Waals surface area contributed by atoms with E-state index in [0.29, 0.717) is 18.1 Å². The number of thiol groups is 1. The molecule has 0 saturated carbocycles. The molecule has 0 spiro atoms. The quantitative estimate of drug-likeness (QED) is 0.627. The van der Waals surface area contributed by atoms with Crippen LogP contribution in [0.2, 0.25) is 0 Å². The van der Waals surface area contributed by atoms with Gasteiger partial charge < -0.3 is 4.74 Å². The maximum Gasteiger partial charge on any atom is 0.338 e.